The summed E-state index contributed by atoms with van der Waals surface area (Å²) in [5.74, 6) is -1.15. The van der Waals surface area contributed by atoms with Crippen molar-refractivity contribution < 1.29 is 28.2 Å². The quantitative estimate of drug-likeness (QED) is 0.859. The third-order valence-electron chi connectivity index (χ3n) is 4.45. The zero-order chi connectivity index (χ0) is 18.9. The molecule has 9 heteroatoms. The van der Waals surface area contributed by atoms with Gasteiger partial charge in [-0.25, -0.2) is 9.78 Å². The zero-order valence-electron chi connectivity index (χ0n) is 13.8. The highest BCUT2D eigenvalue weighted by Gasteiger charge is 2.34. The number of rotatable bonds is 4. The second-order valence-electron chi connectivity index (χ2n) is 6.11. The number of benzene rings is 1. The van der Waals surface area contributed by atoms with Crippen LogP contribution in [0.2, 0.25) is 0 Å². The van der Waals surface area contributed by atoms with Crippen LogP contribution in [0.25, 0.3) is 10.9 Å². The summed E-state index contributed by atoms with van der Waals surface area (Å²) in [6.07, 6.45) is -4.59. The molecule has 0 bridgehead atoms. The Hall–Kier alpha value is -2.39. The van der Waals surface area contributed by atoms with Crippen LogP contribution < -0.4 is 4.90 Å². The van der Waals surface area contributed by atoms with Gasteiger partial charge in [0.15, 0.2) is 0 Å². The number of aromatic carboxylic acids is 1. The van der Waals surface area contributed by atoms with Crippen LogP contribution in [-0.2, 0) is 6.18 Å². The molecule has 0 saturated carbocycles. The summed E-state index contributed by atoms with van der Waals surface area (Å²) >= 11 is 0. The average Bonchev–Trinajstić information content (AvgIpc) is 2.60. The van der Waals surface area contributed by atoms with Crippen molar-refractivity contribution in [2.45, 2.75) is 6.18 Å². The Balaban J connectivity index is 2.05. The maximum absolute atomic E-state index is 13.2. The van der Waals surface area contributed by atoms with Crippen molar-refractivity contribution in [3.63, 3.8) is 0 Å². The van der Waals surface area contributed by atoms with Crippen LogP contribution in [-0.4, -0.2) is 65.4 Å². The molecule has 0 radical (unpaired) electrons. The second kappa shape index (κ2) is 7.08. The number of halogens is 3. The van der Waals surface area contributed by atoms with Crippen LogP contribution in [0.1, 0.15) is 16.1 Å². The van der Waals surface area contributed by atoms with Gasteiger partial charge in [0.1, 0.15) is 5.69 Å². The molecule has 0 atom stereocenters. The molecular weight excluding hydrogens is 351 g/mol. The topological polar surface area (TPSA) is 76.9 Å². The van der Waals surface area contributed by atoms with Gasteiger partial charge in [0.2, 0.25) is 0 Å². The van der Waals surface area contributed by atoms with Gasteiger partial charge in [-0.05, 0) is 24.3 Å². The number of pyridine rings is 1. The first kappa shape index (κ1) is 18.4. The molecule has 0 unspecified atom stereocenters. The van der Waals surface area contributed by atoms with Gasteiger partial charge in [-0.1, -0.05) is 0 Å². The minimum atomic E-state index is -4.59. The molecule has 3 rings (SSSR count). The first-order valence-corrected chi connectivity index (χ1v) is 8.13. The molecule has 1 fully saturated rings. The SMILES string of the molecule is O=C(O)c1ccc2nc(C(F)(F)F)cc(N3CCN(CCO)CC3)c2c1. The van der Waals surface area contributed by atoms with E-state index in [0.717, 1.165) is 6.07 Å². The van der Waals surface area contributed by atoms with Crippen LogP contribution >= 0.6 is 0 Å². The van der Waals surface area contributed by atoms with Crippen molar-refractivity contribution in [2.75, 3.05) is 44.2 Å². The number of β-amino-alcohol motifs (C(OH)–C–C–N with tert-alkyl or cyclic N) is 1. The number of hydrogen-bond donors (Lipinski definition) is 2. The van der Waals surface area contributed by atoms with E-state index >= 15 is 0 Å². The predicted molar refractivity (Wildman–Crippen MR) is 89.4 cm³/mol. The Morgan fingerprint density at radius 3 is 2.42 bits per heavy atom. The number of anilines is 1. The second-order valence-corrected chi connectivity index (χ2v) is 6.11. The number of aliphatic hydroxyl groups excluding tert-OH is 1. The molecule has 1 aliphatic rings. The van der Waals surface area contributed by atoms with E-state index in [-0.39, 0.29) is 17.7 Å². The van der Waals surface area contributed by atoms with Gasteiger partial charge in [-0.3, -0.25) is 4.90 Å². The molecule has 6 nitrogen and oxygen atoms in total. The van der Waals surface area contributed by atoms with E-state index in [9.17, 15) is 23.1 Å². The molecule has 0 aliphatic carbocycles. The number of carboxylic acids is 1. The number of aliphatic hydroxyl groups is 1. The molecule has 2 aromatic rings. The lowest BCUT2D eigenvalue weighted by Crippen LogP contribution is -2.47. The van der Waals surface area contributed by atoms with Crippen molar-refractivity contribution in [3.8, 4) is 0 Å². The fraction of sp³-hybridized carbons (Fsp3) is 0.412. The minimum Gasteiger partial charge on any atom is -0.478 e. The van der Waals surface area contributed by atoms with Crippen LogP contribution in [0.3, 0.4) is 0 Å². The molecule has 1 aliphatic heterocycles. The fourth-order valence-electron chi connectivity index (χ4n) is 3.10. The Morgan fingerprint density at radius 2 is 1.85 bits per heavy atom. The van der Waals surface area contributed by atoms with Gasteiger partial charge in [0, 0.05) is 43.8 Å². The molecule has 2 N–H and O–H groups in total. The average molecular weight is 369 g/mol. The maximum Gasteiger partial charge on any atom is 0.433 e. The van der Waals surface area contributed by atoms with E-state index in [2.05, 4.69) is 4.98 Å². The van der Waals surface area contributed by atoms with Crippen LogP contribution in [0.15, 0.2) is 24.3 Å². The number of fused-ring (bicyclic) bond motifs is 1. The first-order chi connectivity index (χ1) is 12.3. The number of nitrogens with zero attached hydrogens (tertiary/aromatic N) is 3. The van der Waals surface area contributed by atoms with Gasteiger partial charge in [0.05, 0.1) is 17.7 Å². The van der Waals surface area contributed by atoms with Crippen LogP contribution in [0, 0.1) is 0 Å². The number of carboxylic acid groups (broad SMARTS) is 1. The van der Waals surface area contributed by atoms with Gasteiger partial charge >= 0.3 is 12.1 Å². The number of piperazine rings is 1. The summed E-state index contributed by atoms with van der Waals surface area (Å²) in [6, 6.07) is 4.90. The largest absolute Gasteiger partial charge is 0.478 e. The minimum absolute atomic E-state index is 0.000717. The first-order valence-electron chi connectivity index (χ1n) is 8.13. The summed E-state index contributed by atoms with van der Waals surface area (Å²) in [5, 5.41) is 18.6. The van der Waals surface area contributed by atoms with E-state index < -0.39 is 17.8 Å². The van der Waals surface area contributed by atoms with Crippen molar-refractivity contribution >= 4 is 22.6 Å². The summed E-state index contributed by atoms with van der Waals surface area (Å²) < 4.78 is 39.7. The Labute approximate surface area is 147 Å². The molecular formula is C17H18F3N3O3. The lowest BCUT2D eigenvalue weighted by molar-refractivity contribution is -0.140. The lowest BCUT2D eigenvalue weighted by atomic mass is 10.1. The van der Waals surface area contributed by atoms with Crippen molar-refractivity contribution in [1.82, 2.24) is 9.88 Å². The summed E-state index contributed by atoms with van der Waals surface area (Å²) in [5.41, 5.74) is -0.563. The van der Waals surface area contributed by atoms with E-state index in [1.807, 2.05) is 4.90 Å². The van der Waals surface area contributed by atoms with Crippen LogP contribution in [0.4, 0.5) is 18.9 Å². The molecule has 1 aromatic carbocycles. The van der Waals surface area contributed by atoms with Gasteiger partial charge in [-0.2, -0.15) is 13.2 Å². The number of carbonyl (C=O) groups is 1. The molecule has 26 heavy (non-hydrogen) atoms. The highest BCUT2D eigenvalue weighted by atomic mass is 19.4. The van der Waals surface area contributed by atoms with Gasteiger partial charge < -0.3 is 15.1 Å². The number of alkyl halides is 3. The Morgan fingerprint density at radius 1 is 1.15 bits per heavy atom. The summed E-state index contributed by atoms with van der Waals surface area (Å²) in [7, 11) is 0. The molecule has 2 heterocycles. The molecule has 0 spiro atoms. The van der Waals surface area contributed by atoms with Crippen molar-refractivity contribution in [1.29, 1.82) is 0 Å². The van der Waals surface area contributed by atoms with E-state index in [1.54, 1.807) is 4.90 Å². The zero-order valence-corrected chi connectivity index (χ0v) is 13.8. The summed E-state index contributed by atoms with van der Waals surface area (Å²) in [6.45, 7) is 2.70. The molecule has 140 valence electrons. The molecule has 1 aromatic heterocycles. The van der Waals surface area contributed by atoms with Crippen LogP contribution in [0.5, 0.6) is 0 Å². The third kappa shape index (κ3) is 3.73. The molecule has 0 amide bonds. The Kier molecular flexibility index (Phi) is 5.01. The highest BCUT2D eigenvalue weighted by molar-refractivity contribution is 5.98. The van der Waals surface area contributed by atoms with Crippen molar-refractivity contribution in [3.05, 3.63) is 35.5 Å². The molecule has 1 saturated heterocycles. The smallest absolute Gasteiger partial charge is 0.433 e. The monoisotopic (exact) mass is 369 g/mol. The van der Waals surface area contributed by atoms with Crippen molar-refractivity contribution in [2.24, 2.45) is 0 Å². The Bertz CT molecular complexity index is 818. The summed E-state index contributed by atoms with van der Waals surface area (Å²) in [4.78, 5) is 18.7. The standard InChI is InChI=1S/C17H18F3N3O3/c18-17(19,20)15-10-14(23-5-3-22(4-6-23)7-8-24)12-9-11(16(25)26)1-2-13(12)21-15/h1-2,9-10,24H,3-8H2,(H,25,26). The van der Waals surface area contributed by atoms with Gasteiger partial charge in [0.25, 0.3) is 0 Å². The van der Waals surface area contributed by atoms with Gasteiger partial charge in [-0.15, -0.1) is 0 Å². The van der Waals surface area contributed by atoms with E-state index in [4.69, 9.17) is 5.11 Å². The normalized spacial score (nSPS) is 16.2. The predicted octanol–water partition coefficient (Wildman–Crippen LogP) is 2.07. The maximum atomic E-state index is 13.2. The lowest BCUT2D eigenvalue weighted by Gasteiger charge is -2.36. The van der Waals surface area contributed by atoms with E-state index in [0.29, 0.717) is 43.8 Å². The third-order valence-corrected chi connectivity index (χ3v) is 4.45. The van der Waals surface area contributed by atoms with E-state index in [1.165, 1.54) is 18.2 Å². The number of aromatic nitrogens is 1. The highest BCUT2D eigenvalue weighted by Crippen LogP contribution is 2.35. The fourth-order valence-corrected chi connectivity index (χ4v) is 3.10. The number of hydrogen-bond acceptors (Lipinski definition) is 5.